The number of hydrogen-bond acceptors (Lipinski definition) is 5. The van der Waals surface area contributed by atoms with E-state index in [0.29, 0.717) is 22.9 Å². The smallest absolute Gasteiger partial charge is 0.252 e. The lowest BCUT2D eigenvalue weighted by Crippen LogP contribution is -2.44. The Morgan fingerprint density at radius 3 is 2.41 bits per heavy atom. The van der Waals surface area contributed by atoms with Gasteiger partial charge in [-0.1, -0.05) is 24.3 Å². The Labute approximate surface area is 127 Å². The number of benzene rings is 1. The third-order valence-corrected chi connectivity index (χ3v) is 4.35. The topological polar surface area (TPSA) is 69.3 Å². The van der Waals surface area contributed by atoms with Crippen LogP contribution in [0.15, 0.2) is 24.3 Å². The number of anilines is 1. The fourth-order valence-electron chi connectivity index (χ4n) is 3.01. The molecule has 2 heterocycles. The molecule has 1 N–H and O–H groups in total. The molecule has 112 valence electrons. The second kappa shape index (κ2) is 4.78. The standard InChI is InChI=1S/C16H16N4O2/c1-19-6-8-20(9-7-19)16-17-12-10-4-2-3-5-11(10)14(21)15(22)13(12)18-16/h2-5H,6-9H2,1H3,(H,17,18). The van der Waals surface area contributed by atoms with E-state index in [9.17, 15) is 9.59 Å². The number of aromatic nitrogens is 2. The molecule has 0 amide bonds. The van der Waals surface area contributed by atoms with Gasteiger partial charge in [0.25, 0.3) is 5.78 Å². The molecule has 0 bridgehead atoms. The first-order valence-corrected chi connectivity index (χ1v) is 7.37. The van der Waals surface area contributed by atoms with Crippen LogP contribution in [0.4, 0.5) is 5.95 Å². The van der Waals surface area contributed by atoms with Gasteiger partial charge >= 0.3 is 0 Å². The number of nitrogens with one attached hydrogen (secondary N) is 1. The largest absolute Gasteiger partial charge is 0.340 e. The van der Waals surface area contributed by atoms with Gasteiger partial charge in [-0.05, 0) is 7.05 Å². The van der Waals surface area contributed by atoms with Crippen LogP contribution in [0.3, 0.4) is 0 Å². The first-order chi connectivity index (χ1) is 10.6. The number of ketones is 2. The summed E-state index contributed by atoms with van der Waals surface area (Å²) >= 11 is 0. The molecule has 6 nitrogen and oxygen atoms in total. The van der Waals surface area contributed by atoms with Crippen LogP contribution >= 0.6 is 0 Å². The second-order valence-electron chi connectivity index (χ2n) is 5.78. The van der Waals surface area contributed by atoms with E-state index in [4.69, 9.17) is 0 Å². The molecule has 1 fully saturated rings. The lowest BCUT2D eigenvalue weighted by molar-refractivity contribution is 0.0812. The molecule has 1 aliphatic carbocycles. The van der Waals surface area contributed by atoms with Crippen molar-refractivity contribution in [1.82, 2.24) is 14.9 Å². The number of carbonyl (C=O) groups is 2. The minimum Gasteiger partial charge on any atom is -0.340 e. The Balaban J connectivity index is 1.78. The average Bonchev–Trinajstić information content (AvgIpc) is 2.99. The number of carbonyl (C=O) groups excluding carboxylic acids is 2. The third kappa shape index (κ3) is 1.88. The maximum Gasteiger partial charge on any atom is 0.252 e. The lowest BCUT2D eigenvalue weighted by atomic mass is 9.90. The minimum absolute atomic E-state index is 0.317. The van der Waals surface area contributed by atoms with E-state index in [-0.39, 0.29) is 0 Å². The molecular formula is C16H16N4O2. The van der Waals surface area contributed by atoms with Gasteiger partial charge in [0.2, 0.25) is 11.7 Å². The van der Waals surface area contributed by atoms with Crippen molar-refractivity contribution in [2.75, 3.05) is 38.1 Å². The van der Waals surface area contributed by atoms with Crippen molar-refractivity contribution in [1.29, 1.82) is 0 Å². The molecular weight excluding hydrogens is 280 g/mol. The van der Waals surface area contributed by atoms with Crippen molar-refractivity contribution in [2.45, 2.75) is 0 Å². The van der Waals surface area contributed by atoms with Gasteiger partial charge < -0.3 is 14.8 Å². The Morgan fingerprint density at radius 2 is 1.68 bits per heavy atom. The fraction of sp³-hybridized carbons (Fsp3) is 0.312. The van der Waals surface area contributed by atoms with Crippen LogP contribution in [0.5, 0.6) is 0 Å². The van der Waals surface area contributed by atoms with Crippen molar-refractivity contribution in [3.05, 3.63) is 35.5 Å². The number of fused-ring (bicyclic) bond motifs is 3. The molecule has 0 radical (unpaired) electrons. The van der Waals surface area contributed by atoms with Crippen molar-refractivity contribution in [2.24, 2.45) is 0 Å². The number of imidazole rings is 1. The highest BCUT2D eigenvalue weighted by molar-refractivity contribution is 6.52. The molecule has 6 heteroatoms. The van der Waals surface area contributed by atoms with Gasteiger partial charge in [-0.15, -0.1) is 0 Å². The van der Waals surface area contributed by atoms with E-state index in [0.717, 1.165) is 31.7 Å². The molecule has 0 spiro atoms. The maximum atomic E-state index is 12.3. The van der Waals surface area contributed by atoms with Gasteiger partial charge in [-0.2, -0.15) is 0 Å². The van der Waals surface area contributed by atoms with E-state index in [1.807, 2.05) is 12.1 Å². The first kappa shape index (κ1) is 13.2. The molecule has 0 atom stereocenters. The van der Waals surface area contributed by atoms with Gasteiger partial charge in [0.15, 0.2) is 0 Å². The van der Waals surface area contributed by atoms with Gasteiger partial charge in [-0.25, -0.2) is 4.98 Å². The molecule has 4 rings (SSSR count). The molecule has 22 heavy (non-hydrogen) atoms. The predicted octanol–water partition coefficient (Wildman–Crippen LogP) is 1.21. The summed E-state index contributed by atoms with van der Waals surface area (Å²) in [4.78, 5) is 36.5. The van der Waals surface area contributed by atoms with Crippen LogP contribution in [0, 0.1) is 0 Å². The normalized spacial score (nSPS) is 18.3. The number of hydrogen-bond donors (Lipinski definition) is 1. The summed E-state index contributed by atoms with van der Waals surface area (Å²) in [6.07, 6.45) is 0. The molecule has 1 saturated heterocycles. The van der Waals surface area contributed by atoms with Gasteiger partial charge in [0, 0.05) is 37.3 Å². The maximum absolute atomic E-state index is 12.3. The number of likely N-dealkylation sites (N-methyl/N-ethyl adjacent to an activating group) is 1. The summed E-state index contributed by atoms with van der Waals surface area (Å²) < 4.78 is 0. The van der Waals surface area contributed by atoms with E-state index in [2.05, 4.69) is 26.8 Å². The zero-order chi connectivity index (χ0) is 15.3. The minimum atomic E-state index is -0.499. The summed E-state index contributed by atoms with van der Waals surface area (Å²) in [6, 6.07) is 7.15. The molecule has 1 aliphatic heterocycles. The Kier molecular flexibility index (Phi) is 2.87. The Bertz CT molecular complexity index is 772. The number of aromatic amines is 1. The van der Waals surface area contributed by atoms with Crippen LogP contribution < -0.4 is 4.90 Å². The summed E-state index contributed by atoms with van der Waals surface area (Å²) in [7, 11) is 2.09. The first-order valence-electron chi connectivity index (χ1n) is 7.37. The summed E-state index contributed by atoms with van der Waals surface area (Å²) in [5.41, 5.74) is 2.09. The number of Topliss-reactive ketones (excluding diaryl/α,β-unsaturated/α-hetero) is 2. The van der Waals surface area contributed by atoms with Crippen LogP contribution in [-0.2, 0) is 0 Å². The monoisotopic (exact) mass is 296 g/mol. The SMILES string of the molecule is CN1CCN(c2nc3c([nH]2)C(=O)C(=O)c2ccccc2-3)CC1. The van der Waals surface area contributed by atoms with Crippen LogP contribution in [0.25, 0.3) is 11.3 Å². The highest BCUT2D eigenvalue weighted by Gasteiger charge is 2.34. The molecule has 2 aliphatic rings. The summed E-state index contributed by atoms with van der Waals surface area (Å²) in [6.45, 7) is 3.61. The van der Waals surface area contributed by atoms with E-state index in [1.165, 1.54) is 0 Å². The average molecular weight is 296 g/mol. The molecule has 1 aromatic carbocycles. The Hall–Kier alpha value is -2.47. The molecule has 0 unspecified atom stereocenters. The lowest BCUT2D eigenvalue weighted by Gasteiger charge is -2.32. The fourth-order valence-corrected chi connectivity index (χ4v) is 3.01. The van der Waals surface area contributed by atoms with E-state index < -0.39 is 11.6 Å². The zero-order valence-electron chi connectivity index (χ0n) is 12.3. The van der Waals surface area contributed by atoms with Crippen molar-refractivity contribution in [3.8, 4) is 11.3 Å². The highest BCUT2D eigenvalue weighted by Crippen LogP contribution is 2.33. The van der Waals surface area contributed by atoms with E-state index >= 15 is 0 Å². The Morgan fingerprint density at radius 1 is 1.00 bits per heavy atom. The number of piperazine rings is 1. The van der Waals surface area contributed by atoms with Crippen molar-refractivity contribution < 1.29 is 9.59 Å². The van der Waals surface area contributed by atoms with Crippen molar-refractivity contribution in [3.63, 3.8) is 0 Å². The van der Waals surface area contributed by atoms with Gasteiger partial charge in [-0.3, -0.25) is 9.59 Å². The van der Waals surface area contributed by atoms with Crippen LogP contribution in [0.2, 0.25) is 0 Å². The quantitative estimate of drug-likeness (QED) is 0.801. The van der Waals surface area contributed by atoms with Gasteiger partial charge in [0.1, 0.15) is 11.4 Å². The third-order valence-electron chi connectivity index (χ3n) is 4.35. The van der Waals surface area contributed by atoms with Crippen molar-refractivity contribution >= 4 is 17.5 Å². The van der Waals surface area contributed by atoms with Crippen LogP contribution in [0.1, 0.15) is 20.8 Å². The number of nitrogens with zero attached hydrogens (tertiary/aromatic N) is 3. The van der Waals surface area contributed by atoms with E-state index in [1.54, 1.807) is 12.1 Å². The molecule has 0 saturated carbocycles. The predicted molar refractivity (Wildman–Crippen MR) is 82.4 cm³/mol. The second-order valence-corrected chi connectivity index (χ2v) is 5.78. The van der Waals surface area contributed by atoms with Gasteiger partial charge in [0.05, 0.1) is 0 Å². The van der Waals surface area contributed by atoms with Crippen LogP contribution in [-0.4, -0.2) is 59.7 Å². The zero-order valence-corrected chi connectivity index (χ0v) is 12.3. The summed E-state index contributed by atoms with van der Waals surface area (Å²) in [5.74, 6) is -0.283. The number of H-pyrrole nitrogens is 1. The molecule has 2 aromatic rings. The highest BCUT2D eigenvalue weighted by atomic mass is 16.2. The molecule has 1 aromatic heterocycles. The number of rotatable bonds is 1. The summed E-state index contributed by atoms with van der Waals surface area (Å²) in [5, 5.41) is 0.